The molecular formula is C17H21Cl2N. The van der Waals surface area contributed by atoms with Crippen molar-refractivity contribution in [1.82, 2.24) is 5.32 Å². The van der Waals surface area contributed by atoms with E-state index in [1.165, 1.54) is 32.1 Å². The summed E-state index contributed by atoms with van der Waals surface area (Å²) in [6.07, 6.45) is 7.32. The van der Waals surface area contributed by atoms with Crippen LogP contribution in [0.15, 0.2) is 18.2 Å². The maximum Gasteiger partial charge on any atom is 0.0637 e. The van der Waals surface area contributed by atoms with Gasteiger partial charge >= 0.3 is 0 Å². The van der Waals surface area contributed by atoms with Crippen LogP contribution in [0.3, 0.4) is 0 Å². The van der Waals surface area contributed by atoms with Crippen LogP contribution in [0, 0.1) is 23.7 Å². The van der Waals surface area contributed by atoms with Crippen LogP contribution >= 0.6 is 23.2 Å². The molecule has 20 heavy (non-hydrogen) atoms. The van der Waals surface area contributed by atoms with Gasteiger partial charge in [-0.1, -0.05) is 35.3 Å². The monoisotopic (exact) mass is 309 g/mol. The average molecular weight is 310 g/mol. The molecule has 0 amide bonds. The summed E-state index contributed by atoms with van der Waals surface area (Å²) < 4.78 is 0. The highest BCUT2D eigenvalue weighted by Gasteiger charge is 2.47. The van der Waals surface area contributed by atoms with E-state index in [1.807, 2.05) is 12.1 Å². The Hall–Kier alpha value is -0.240. The quantitative estimate of drug-likeness (QED) is 0.836. The number of rotatable bonds is 3. The number of hydrogen-bond acceptors (Lipinski definition) is 1. The summed E-state index contributed by atoms with van der Waals surface area (Å²) in [5.74, 6) is 3.88. The summed E-state index contributed by atoms with van der Waals surface area (Å²) in [6.45, 7) is 0.854. The molecule has 4 aliphatic rings. The molecule has 0 unspecified atom stereocenters. The summed E-state index contributed by atoms with van der Waals surface area (Å²) in [4.78, 5) is 0. The third-order valence-electron chi connectivity index (χ3n) is 5.79. The summed E-state index contributed by atoms with van der Waals surface area (Å²) in [5.41, 5.74) is 1.13. The van der Waals surface area contributed by atoms with Gasteiger partial charge < -0.3 is 5.32 Å². The normalized spacial score (nSPS) is 38.4. The summed E-state index contributed by atoms with van der Waals surface area (Å²) in [6, 6.07) is 6.63. The lowest BCUT2D eigenvalue weighted by Gasteiger charge is -2.54. The topological polar surface area (TPSA) is 12.0 Å². The third-order valence-corrected chi connectivity index (χ3v) is 6.64. The van der Waals surface area contributed by atoms with Gasteiger partial charge in [0.15, 0.2) is 0 Å². The molecule has 4 bridgehead atoms. The Morgan fingerprint density at radius 1 is 0.950 bits per heavy atom. The fourth-order valence-electron chi connectivity index (χ4n) is 5.17. The van der Waals surface area contributed by atoms with E-state index in [-0.39, 0.29) is 0 Å². The van der Waals surface area contributed by atoms with Crippen molar-refractivity contribution in [1.29, 1.82) is 0 Å². The van der Waals surface area contributed by atoms with Gasteiger partial charge in [0.2, 0.25) is 0 Å². The van der Waals surface area contributed by atoms with Crippen LogP contribution in [-0.4, -0.2) is 6.04 Å². The van der Waals surface area contributed by atoms with Crippen molar-refractivity contribution < 1.29 is 0 Å². The van der Waals surface area contributed by atoms with E-state index >= 15 is 0 Å². The van der Waals surface area contributed by atoms with E-state index in [1.54, 1.807) is 0 Å². The molecule has 0 spiro atoms. The Morgan fingerprint density at radius 3 is 2.25 bits per heavy atom. The predicted octanol–water partition coefficient (Wildman–Crippen LogP) is 4.91. The van der Waals surface area contributed by atoms with E-state index in [0.29, 0.717) is 16.1 Å². The van der Waals surface area contributed by atoms with Crippen molar-refractivity contribution >= 4 is 23.2 Å². The van der Waals surface area contributed by atoms with Crippen molar-refractivity contribution in [2.24, 2.45) is 23.7 Å². The average Bonchev–Trinajstić information content (AvgIpc) is 2.41. The van der Waals surface area contributed by atoms with Gasteiger partial charge in [-0.3, -0.25) is 0 Å². The molecule has 1 aromatic carbocycles. The number of benzene rings is 1. The molecule has 0 aromatic heterocycles. The van der Waals surface area contributed by atoms with Gasteiger partial charge in [0.05, 0.1) is 10.0 Å². The van der Waals surface area contributed by atoms with Crippen LogP contribution in [0.25, 0.3) is 0 Å². The molecule has 4 aliphatic carbocycles. The molecule has 0 heterocycles. The molecule has 1 N–H and O–H groups in total. The summed E-state index contributed by atoms with van der Waals surface area (Å²) >= 11 is 12.4. The summed E-state index contributed by atoms with van der Waals surface area (Å²) in [7, 11) is 0. The van der Waals surface area contributed by atoms with E-state index in [0.717, 1.165) is 35.8 Å². The fraction of sp³-hybridized carbons (Fsp3) is 0.647. The Morgan fingerprint density at radius 2 is 1.60 bits per heavy atom. The maximum atomic E-state index is 6.29. The highest BCUT2D eigenvalue weighted by Crippen LogP contribution is 2.53. The zero-order valence-electron chi connectivity index (χ0n) is 11.6. The Balaban J connectivity index is 1.46. The fourth-order valence-corrected chi connectivity index (χ4v) is 5.56. The van der Waals surface area contributed by atoms with Gasteiger partial charge in [-0.2, -0.15) is 0 Å². The van der Waals surface area contributed by atoms with Gasteiger partial charge in [-0.25, -0.2) is 0 Å². The van der Waals surface area contributed by atoms with Crippen molar-refractivity contribution in [2.45, 2.75) is 44.7 Å². The van der Waals surface area contributed by atoms with Gasteiger partial charge in [-0.05, 0) is 67.4 Å². The highest BCUT2D eigenvalue weighted by molar-refractivity contribution is 6.42. The second kappa shape index (κ2) is 5.19. The first kappa shape index (κ1) is 13.4. The zero-order chi connectivity index (χ0) is 13.7. The van der Waals surface area contributed by atoms with Crippen LogP contribution in [-0.2, 0) is 6.54 Å². The van der Waals surface area contributed by atoms with Gasteiger partial charge in [0, 0.05) is 12.6 Å². The molecule has 1 aromatic rings. The Labute approximate surface area is 131 Å². The van der Waals surface area contributed by atoms with Crippen LogP contribution in [0.5, 0.6) is 0 Å². The van der Waals surface area contributed by atoms with E-state index in [2.05, 4.69) is 11.4 Å². The summed E-state index contributed by atoms with van der Waals surface area (Å²) in [5, 5.41) is 5.18. The number of nitrogens with one attached hydrogen (secondary N) is 1. The van der Waals surface area contributed by atoms with Gasteiger partial charge in [0.1, 0.15) is 0 Å². The van der Waals surface area contributed by atoms with Crippen LogP contribution in [0.1, 0.15) is 37.7 Å². The minimum atomic E-state index is 0.663. The van der Waals surface area contributed by atoms with Crippen LogP contribution < -0.4 is 5.32 Å². The van der Waals surface area contributed by atoms with E-state index in [9.17, 15) is 0 Å². The van der Waals surface area contributed by atoms with Crippen molar-refractivity contribution in [2.75, 3.05) is 0 Å². The highest BCUT2D eigenvalue weighted by atomic mass is 35.5. The standard InChI is InChI=1S/C17H21Cl2N/c18-15-3-1-2-12(16(15)19)9-20-17-13-5-10-4-11(7-13)8-14(17)6-10/h1-3,10-11,13-14,17,20H,4-9H2. The first-order valence-electron chi connectivity index (χ1n) is 7.87. The molecule has 0 radical (unpaired) electrons. The minimum Gasteiger partial charge on any atom is -0.309 e. The first-order valence-corrected chi connectivity index (χ1v) is 8.62. The van der Waals surface area contributed by atoms with Gasteiger partial charge in [0.25, 0.3) is 0 Å². The minimum absolute atomic E-state index is 0.663. The third kappa shape index (κ3) is 2.28. The lowest BCUT2D eigenvalue weighted by molar-refractivity contribution is -0.0142. The van der Waals surface area contributed by atoms with Crippen LogP contribution in [0.4, 0.5) is 0 Å². The Kier molecular flexibility index (Phi) is 3.48. The molecule has 0 aliphatic heterocycles. The predicted molar refractivity (Wildman–Crippen MR) is 84.1 cm³/mol. The lowest BCUT2D eigenvalue weighted by Crippen LogP contribution is -2.54. The van der Waals surface area contributed by atoms with Crippen molar-refractivity contribution in [3.05, 3.63) is 33.8 Å². The molecule has 4 saturated carbocycles. The number of halogens is 2. The lowest BCUT2D eigenvalue weighted by atomic mass is 9.54. The van der Waals surface area contributed by atoms with Gasteiger partial charge in [-0.15, -0.1) is 0 Å². The molecule has 0 saturated heterocycles. The number of hydrogen-bond donors (Lipinski definition) is 1. The first-order chi connectivity index (χ1) is 9.70. The van der Waals surface area contributed by atoms with Crippen LogP contribution in [0.2, 0.25) is 10.0 Å². The zero-order valence-corrected chi connectivity index (χ0v) is 13.1. The second-order valence-electron chi connectivity index (χ2n) is 7.05. The molecule has 1 nitrogen and oxygen atoms in total. The van der Waals surface area contributed by atoms with E-state index < -0.39 is 0 Å². The smallest absolute Gasteiger partial charge is 0.0637 e. The SMILES string of the molecule is Clc1cccc(CNC2C3CC4CC(C3)CC2C4)c1Cl. The molecule has 108 valence electrons. The second-order valence-corrected chi connectivity index (χ2v) is 7.84. The Bertz CT molecular complexity index is 486. The molecule has 3 heteroatoms. The maximum absolute atomic E-state index is 6.29. The largest absolute Gasteiger partial charge is 0.309 e. The van der Waals surface area contributed by atoms with Crippen molar-refractivity contribution in [3.63, 3.8) is 0 Å². The molecular weight excluding hydrogens is 289 g/mol. The van der Waals surface area contributed by atoms with E-state index in [4.69, 9.17) is 23.2 Å². The van der Waals surface area contributed by atoms with Crippen molar-refractivity contribution in [3.8, 4) is 0 Å². The molecule has 0 atom stereocenters. The molecule has 4 fully saturated rings. The molecule has 5 rings (SSSR count).